The van der Waals surface area contributed by atoms with E-state index in [0.717, 1.165) is 31.0 Å². The fraction of sp³-hybridized carbons (Fsp3) is 0.606. The predicted molar refractivity (Wildman–Crippen MR) is 187 cm³/mol. The van der Waals surface area contributed by atoms with Crippen molar-refractivity contribution in [3.63, 3.8) is 0 Å². The first-order chi connectivity index (χ1) is 18.3. The van der Waals surface area contributed by atoms with Gasteiger partial charge in [0.2, 0.25) is 0 Å². The topological polar surface area (TPSA) is 70.8 Å². The van der Waals surface area contributed by atoms with Gasteiger partial charge in [0.1, 0.15) is 0 Å². The molecule has 0 aromatic heterocycles. The largest absolute Gasteiger partial charge is 2.00 e. The molecule has 1 saturated heterocycles. The van der Waals surface area contributed by atoms with Crippen molar-refractivity contribution in [3.05, 3.63) is 63.8 Å². The number of hydrogen-bond acceptors (Lipinski definition) is 4. The van der Waals surface area contributed by atoms with E-state index in [9.17, 15) is 5.11 Å². The Balaban J connectivity index is 0.000000876. The summed E-state index contributed by atoms with van der Waals surface area (Å²) in [7, 11) is -2.21. The molecule has 0 unspecified atom stereocenters. The number of anilines is 1. The van der Waals surface area contributed by atoms with E-state index in [1.165, 1.54) is 18.4 Å². The van der Waals surface area contributed by atoms with E-state index in [0.29, 0.717) is 12.1 Å². The van der Waals surface area contributed by atoms with Crippen molar-refractivity contribution in [3.8, 4) is 5.75 Å². The number of hydrogen-bond donors (Lipinski definition) is 1. The third kappa shape index (κ3) is 18.6. The fourth-order valence-corrected chi connectivity index (χ4v) is 12.3. The van der Waals surface area contributed by atoms with Crippen LogP contribution >= 0.6 is 0 Å². The van der Waals surface area contributed by atoms with Crippen molar-refractivity contribution in [2.75, 3.05) is 31.6 Å². The van der Waals surface area contributed by atoms with Gasteiger partial charge in [0.15, 0.2) is 0 Å². The standard InChI is InChI=1S/C23H32N2O.C6H18NSi2.C4H8O.Ca/c1-22(2,3)18-14-17(21(26)20(15-18)23(4,5)6)16-24-12-13-25-19-10-8-7-9-11-19;1-8(2,3)7-9(4,5)6;1-2-4-5-3-1;/h7-11,14-16,25-26H,12-13H2,1-6H3;1-6H3;1-4H2;/q;-1;;+2/p-1. The minimum absolute atomic E-state index is 0. The Morgan fingerprint density at radius 1 is 0.878 bits per heavy atom. The molecular weight excluding hydrogens is 567 g/mol. The SMILES string of the molecule is C1CCOC1.CC(C)(C)c1cc(C=NCCNc2ccccc2)c([O-])c(C(C)(C)C)c1.C[Si](C)(C)[N-][Si](C)(C)C.[Ca+2]. The van der Waals surface area contributed by atoms with E-state index in [2.05, 4.69) is 97.2 Å². The van der Waals surface area contributed by atoms with Crippen LogP contribution in [0.1, 0.15) is 71.1 Å². The van der Waals surface area contributed by atoms with Gasteiger partial charge in [-0.15, -0.1) is 0 Å². The molecule has 3 rings (SSSR count). The third-order valence-electron chi connectivity index (χ3n) is 5.86. The molecule has 2 aromatic carbocycles. The summed E-state index contributed by atoms with van der Waals surface area (Å²) in [6.07, 6.45) is 4.29. The van der Waals surface area contributed by atoms with Crippen LogP contribution in [0.5, 0.6) is 5.75 Å². The van der Waals surface area contributed by atoms with Crippen LogP contribution in [-0.4, -0.2) is 86.7 Å². The van der Waals surface area contributed by atoms with Crippen molar-refractivity contribution in [1.82, 2.24) is 0 Å². The van der Waals surface area contributed by atoms with Gasteiger partial charge < -0.3 is 19.8 Å². The van der Waals surface area contributed by atoms with Gasteiger partial charge >= 0.3 is 37.7 Å². The summed E-state index contributed by atoms with van der Waals surface area (Å²) in [5, 5.41) is 16.2. The van der Waals surface area contributed by atoms with Crippen LogP contribution in [0.3, 0.4) is 0 Å². The van der Waals surface area contributed by atoms with E-state index in [-0.39, 0.29) is 54.3 Å². The molecule has 0 atom stereocenters. The second kappa shape index (κ2) is 18.2. The monoisotopic (exact) mass is 623 g/mol. The molecule has 2 aromatic rings. The van der Waals surface area contributed by atoms with E-state index < -0.39 is 16.5 Å². The number of nitrogens with zero attached hydrogens (tertiary/aromatic N) is 2. The second-order valence-electron chi connectivity index (χ2n) is 14.5. The first kappa shape index (κ1) is 40.3. The molecular formula is C33H57CaN3O2Si2. The third-order valence-corrected chi connectivity index (χ3v) is 11.2. The van der Waals surface area contributed by atoms with E-state index >= 15 is 0 Å². The van der Waals surface area contributed by atoms with Crippen LogP contribution in [0.2, 0.25) is 39.3 Å². The van der Waals surface area contributed by atoms with Gasteiger partial charge in [-0.2, -0.15) is 0 Å². The van der Waals surface area contributed by atoms with E-state index in [1.807, 2.05) is 36.4 Å². The molecule has 1 aliphatic heterocycles. The molecule has 0 amide bonds. The molecule has 0 saturated carbocycles. The molecule has 1 fully saturated rings. The van der Waals surface area contributed by atoms with Crippen molar-refractivity contribution in [2.45, 2.75) is 104 Å². The average Bonchev–Trinajstić information content (AvgIpc) is 3.37. The van der Waals surface area contributed by atoms with Crippen LogP contribution in [0, 0.1) is 0 Å². The number of ether oxygens (including phenoxy) is 1. The molecule has 41 heavy (non-hydrogen) atoms. The first-order valence-corrected chi connectivity index (χ1v) is 21.7. The predicted octanol–water partition coefficient (Wildman–Crippen LogP) is 8.33. The molecule has 1 aliphatic rings. The Morgan fingerprint density at radius 3 is 1.80 bits per heavy atom. The Labute approximate surface area is 284 Å². The summed E-state index contributed by atoms with van der Waals surface area (Å²) in [5.74, 6) is 0.0882. The summed E-state index contributed by atoms with van der Waals surface area (Å²) in [4.78, 5) is 4.48. The van der Waals surface area contributed by atoms with E-state index in [4.69, 9.17) is 9.38 Å². The molecule has 8 heteroatoms. The molecule has 0 aliphatic carbocycles. The minimum atomic E-state index is -1.11. The minimum Gasteiger partial charge on any atom is -0.872 e. The van der Waals surface area contributed by atoms with Gasteiger partial charge in [-0.3, -0.25) is 4.99 Å². The van der Waals surface area contributed by atoms with Crippen LogP contribution in [0.4, 0.5) is 5.69 Å². The van der Waals surface area contributed by atoms with Crippen molar-refractivity contribution in [2.24, 2.45) is 4.99 Å². The quantitative estimate of drug-likeness (QED) is 0.191. The van der Waals surface area contributed by atoms with Gasteiger partial charge in [-0.05, 0) is 52.5 Å². The van der Waals surface area contributed by atoms with Gasteiger partial charge in [-0.25, -0.2) is 0 Å². The molecule has 1 N–H and O–H groups in total. The molecule has 1 heterocycles. The Morgan fingerprint density at radius 2 is 1.41 bits per heavy atom. The number of aliphatic imine (C=N–C) groups is 1. The maximum absolute atomic E-state index is 12.9. The zero-order chi connectivity index (χ0) is 30.6. The van der Waals surface area contributed by atoms with Gasteiger partial charge in [0, 0.05) is 31.7 Å². The second-order valence-corrected chi connectivity index (χ2v) is 24.1. The summed E-state index contributed by atoms with van der Waals surface area (Å²) >= 11 is 0. The molecule has 5 nitrogen and oxygen atoms in total. The van der Waals surface area contributed by atoms with Crippen molar-refractivity contribution < 1.29 is 9.84 Å². The maximum Gasteiger partial charge on any atom is 2.00 e. The summed E-state index contributed by atoms with van der Waals surface area (Å²) in [5.41, 5.74) is 3.60. The maximum atomic E-state index is 12.9. The van der Waals surface area contributed by atoms with Crippen LogP contribution in [0.25, 0.3) is 4.65 Å². The summed E-state index contributed by atoms with van der Waals surface area (Å²) < 4.78 is 9.76. The Hall–Kier alpha value is -0.676. The Kier molecular flexibility index (Phi) is 17.9. The first-order valence-electron chi connectivity index (χ1n) is 14.8. The average molecular weight is 624 g/mol. The van der Waals surface area contributed by atoms with Gasteiger partial charge in [-0.1, -0.05) is 133 Å². The molecule has 226 valence electrons. The Bertz CT molecular complexity index is 1010. The summed E-state index contributed by atoms with van der Waals surface area (Å²) in [6, 6.07) is 14.1. The number of nitrogens with one attached hydrogen (secondary N) is 1. The fourth-order valence-electron chi connectivity index (χ4n) is 4.24. The molecule has 0 spiro atoms. The van der Waals surface area contributed by atoms with Crippen molar-refractivity contribution in [1.29, 1.82) is 0 Å². The molecule has 0 bridgehead atoms. The normalized spacial score (nSPS) is 14.0. The van der Waals surface area contributed by atoms with Crippen LogP contribution in [0.15, 0.2) is 47.5 Å². The molecule has 0 radical (unpaired) electrons. The van der Waals surface area contributed by atoms with Gasteiger partial charge in [0.25, 0.3) is 0 Å². The van der Waals surface area contributed by atoms with Gasteiger partial charge in [0.05, 0.1) is 6.54 Å². The number of para-hydroxylation sites is 1. The van der Waals surface area contributed by atoms with Crippen LogP contribution in [-0.2, 0) is 15.6 Å². The van der Waals surface area contributed by atoms with Crippen LogP contribution < -0.4 is 10.4 Å². The smallest absolute Gasteiger partial charge is 0.872 e. The number of rotatable bonds is 7. The number of benzene rings is 2. The zero-order valence-corrected chi connectivity index (χ0v) is 32.5. The zero-order valence-electron chi connectivity index (χ0n) is 28.3. The summed E-state index contributed by atoms with van der Waals surface area (Å²) in [6.45, 7) is 29.9. The van der Waals surface area contributed by atoms with Crippen molar-refractivity contribution >= 4 is 66.1 Å². The van der Waals surface area contributed by atoms with E-state index in [1.54, 1.807) is 6.21 Å².